The van der Waals surface area contributed by atoms with Gasteiger partial charge in [-0.15, -0.1) is 0 Å². The third-order valence-electron chi connectivity index (χ3n) is 5.63. The minimum absolute atomic E-state index is 0.144. The van der Waals surface area contributed by atoms with Crippen molar-refractivity contribution in [3.05, 3.63) is 84.3 Å². The molecule has 0 aliphatic carbocycles. The van der Waals surface area contributed by atoms with Gasteiger partial charge in [-0.05, 0) is 73.5 Å². The Balaban J connectivity index is 1.60. The molecule has 0 fully saturated rings. The molecule has 39 heavy (non-hydrogen) atoms. The van der Waals surface area contributed by atoms with Gasteiger partial charge < -0.3 is 15.7 Å². The van der Waals surface area contributed by atoms with Crippen molar-refractivity contribution in [1.82, 2.24) is 9.97 Å². The number of halogens is 1. The molecular weight excluding hydrogens is 543 g/mol. The third kappa shape index (κ3) is 6.88. The van der Waals surface area contributed by atoms with Crippen LogP contribution in [0.25, 0.3) is 11.1 Å². The summed E-state index contributed by atoms with van der Waals surface area (Å²) < 4.78 is 60.7. The van der Waals surface area contributed by atoms with Crippen molar-refractivity contribution in [2.24, 2.45) is 0 Å². The van der Waals surface area contributed by atoms with Gasteiger partial charge in [-0.2, -0.15) is 4.98 Å². The first kappa shape index (κ1) is 28.0. The predicted octanol–water partition coefficient (Wildman–Crippen LogP) is 4.53. The summed E-state index contributed by atoms with van der Waals surface area (Å²) in [6, 6.07) is 16.5. The van der Waals surface area contributed by atoms with Crippen LogP contribution < -0.4 is 15.4 Å². The molecule has 1 heterocycles. The lowest BCUT2D eigenvalue weighted by Crippen LogP contribution is -2.21. The lowest BCUT2D eigenvalue weighted by molar-refractivity contribution is 0.281. The van der Waals surface area contributed by atoms with Gasteiger partial charge in [0, 0.05) is 34.1 Å². The average molecular weight is 571 g/mol. The number of hydrogen-bond acceptors (Lipinski definition) is 9. The summed E-state index contributed by atoms with van der Waals surface area (Å²) in [7, 11) is -6.33. The van der Waals surface area contributed by atoms with Gasteiger partial charge in [-0.25, -0.2) is 22.0 Å². The summed E-state index contributed by atoms with van der Waals surface area (Å²) in [5, 5.41) is 15.7. The molecule has 204 valence electrons. The smallest absolute Gasteiger partial charge is 0.264 e. The van der Waals surface area contributed by atoms with E-state index in [9.17, 15) is 22.1 Å². The van der Waals surface area contributed by atoms with E-state index in [1.807, 2.05) is 0 Å². The molecule has 0 saturated heterocycles. The maximum Gasteiger partial charge on any atom is 0.264 e. The minimum Gasteiger partial charge on any atom is -0.394 e. The number of benzene rings is 3. The van der Waals surface area contributed by atoms with Crippen molar-refractivity contribution < 1.29 is 22.1 Å². The van der Waals surface area contributed by atoms with Gasteiger partial charge in [-0.3, -0.25) is 9.50 Å². The highest BCUT2D eigenvalue weighted by Gasteiger charge is 2.20. The molecule has 10 nitrogen and oxygen atoms in total. The fourth-order valence-electron chi connectivity index (χ4n) is 3.60. The fourth-order valence-corrected chi connectivity index (χ4v) is 5.24. The van der Waals surface area contributed by atoms with Gasteiger partial charge in [0.15, 0.2) is 0 Å². The molecule has 0 aliphatic heterocycles. The van der Waals surface area contributed by atoms with Crippen LogP contribution in [0.2, 0.25) is 0 Å². The summed E-state index contributed by atoms with van der Waals surface area (Å²) in [6.45, 7) is 3.31. The van der Waals surface area contributed by atoms with Crippen molar-refractivity contribution in [2.45, 2.75) is 29.7 Å². The Labute approximate surface area is 227 Å². The molecule has 0 radical (unpaired) electrons. The molecule has 1 aromatic heterocycles. The Morgan fingerprint density at radius 2 is 1.72 bits per heavy atom. The second-order valence-electron chi connectivity index (χ2n) is 8.77. The average Bonchev–Trinajstić information content (AvgIpc) is 2.91. The Kier molecular flexibility index (Phi) is 8.43. The lowest BCUT2D eigenvalue weighted by Gasteiger charge is -2.17. The van der Waals surface area contributed by atoms with Crippen LogP contribution in [0.15, 0.2) is 82.7 Å². The number of anilines is 4. The van der Waals surface area contributed by atoms with Crippen LogP contribution in [0.5, 0.6) is 0 Å². The largest absolute Gasteiger partial charge is 0.394 e. The van der Waals surface area contributed by atoms with Gasteiger partial charge in [0.2, 0.25) is 5.95 Å². The Morgan fingerprint density at radius 3 is 2.36 bits per heavy atom. The van der Waals surface area contributed by atoms with Crippen molar-refractivity contribution in [1.29, 1.82) is 4.78 Å². The van der Waals surface area contributed by atoms with Crippen LogP contribution in [0.1, 0.15) is 12.5 Å². The topological polar surface area (TPSA) is 157 Å². The van der Waals surface area contributed by atoms with Crippen molar-refractivity contribution in [3.63, 3.8) is 0 Å². The number of hydrogen-bond donors (Lipinski definition) is 6. The number of aliphatic hydroxyl groups is 1. The van der Waals surface area contributed by atoms with E-state index in [4.69, 9.17) is 4.78 Å². The lowest BCUT2D eigenvalue weighted by atomic mass is 10.1. The first-order valence-corrected chi connectivity index (χ1v) is 14.5. The molecule has 2 unspecified atom stereocenters. The third-order valence-corrected chi connectivity index (χ3v) is 7.79. The molecule has 4 aromatic rings. The molecule has 13 heteroatoms. The predicted molar refractivity (Wildman–Crippen MR) is 150 cm³/mol. The van der Waals surface area contributed by atoms with Crippen molar-refractivity contribution >= 4 is 43.8 Å². The molecule has 4 rings (SSSR count). The van der Waals surface area contributed by atoms with Crippen molar-refractivity contribution in [3.8, 4) is 11.1 Å². The quantitative estimate of drug-likeness (QED) is 0.152. The number of aryl methyl sites for hydroxylation is 1. The Hall–Kier alpha value is -4.07. The zero-order valence-corrected chi connectivity index (χ0v) is 22.7. The van der Waals surface area contributed by atoms with Crippen LogP contribution in [-0.2, 0) is 20.6 Å². The standard InChI is InChI=1S/C26H27FN6O4S2/c1-16-3-12-23(27)24(13-16)39(36,37)33-20-6-4-18(5-7-20)22-14-29-26(32-25(22)30-17(2)15-34)31-19-8-10-21(11-9-19)38(28)35/h3-14,17,28,33-34,38H,15H2,1-2H3,(H2,29,30,31,32). The zero-order chi connectivity index (χ0) is 28.2. The van der Waals surface area contributed by atoms with Crippen LogP contribution in [0.4, 0.5) is 27.5 Å². The first-order valence-electron chi connectivity index (χ1n) is 11.7. The molecule has 5 N–H and O–H groups in total. The summed E-state index contributed by atoms with van der Waals surface area (Å²) >= 11 is 0. The zero-order valence-electron chi connectivity index (χ0n) is 21.0. The number of sulfonamides is 1. The summed E-state index contributed by atoms with van der Waals surface area (Å²) in [5.41, 5.74) is 2.76. The monoisotopic (exact) mass is 570 g/mol. The summed E-state index contributed by atoms with van der Waals surface area (Å²) in [5.74, 6) is -0.152. The summed E-state index contributed by atoms with van der Waals surface area (Å²) in [6.07, 6.45) is 1.58. The molecular formula is C26H27FN6O4S2. The van der Waals surface area contributed by atoms with E-state index in [0.29, 0.717) is 33.1 Å². The number of nitrogens with one attached hydrogen (secondary N) is 4. The van der Waals surface area contributed by atoms with Gasteiger partial charge in [0.1, 0.15) is 16.5 Å². The Bertz CT molecular complexity index is 1650. The molecule has 0 spiro atoms. The minimum atomic E-state index is -4.14. The van der Waals surface area contributed by atoms with E-state index in [0.717, 1.165) is 6.07 Å². The second-order valence-corrected chi connectivity index (χ2v) is 11.5. The van der Waals surface area contributed by atoms with E-state index in [-0.39, 0.29) is 24.3 Å². The maximum absolute atomic E-state index is 14.2. The molecule has 3 aromatic carbocycles. The fraction of sp³-hybridized carbons (Fsp3) is 0.154. The van der Waals surface area contributed by atoms with Gasteiger partial charge in [-0.1, -0.05) is 18.2 Å². The first-order chi connectivity index (χ1) is 18.6. The van der Waals surface area contributed by atoms with Crippen LogP contribution in [0.3, 0.4) is 0 Å². The molecule has 0 saturated carbocycles. The maximum atomic E-state index is 14.2. The van der Waals surface area contributed by atoms with E-state index >= 15 is 0 Å². The molecule has 0 aliphatic rings. The highest BCUT2D eigenvalue weighted by Crippen LogP contribution is 2.30. The van der Waals surface area contributed by atoms with Crippen LogP contribution >= 0.6 is 0 Å². The van der Waals surface area contributed by atoms with Crippen LogP contribution in [0, 0.1) is 17.5 Å². The SMILES string of the molecule is Cc1ccc(F)c(S(=O)(=O)Nc2ccc(-c3cnc(Nc4ccc([SH](=N)=O)cc4)nc3NC(C)CO)cc2)c1. The van der Waals surface area contributed by atoms with Crippen molar-refractivity contribution in [2.75, 3.05) is 22.0 Å². The summed E-state index contributed by atoms with van der Waals surface area (Å²) in [4.78, 5) is 8.87. The number of thiol groups is 1. The second kappa shape index (κ2) is 11.8. The molecule has 0 bridgehead atoms. The van der Waals surface area contributed by atoms with Gasteiger partial charge >= 0.3 is 0 Å². The number of aromatic nitrogens is 2. The normalized spacial score (nSPS) is 12.9. The molecule has 2 atom stereocenters. The number of aliphatic hydroxyl groups excluding tert-OH is 1. The van der Waals surface area contributed by atoms with Crippen LogP contribution in [-0.4, -0.2) is 40.3 Å². The van der Waals surface area contributed by atoms with E-state index in [1.54, 1.807) is 68.6 Å². The number of nitrogens with zero attached hydrogens (tertiary/aromatic N) is 2. The Morgan fingerprint density at radius 1 is 1.05 bits per heavy atom. The number of rotatable bonds is 10. The van der Waals surface area contributed by atoms with E-state index in [1.165, 1.54) is 12.1 Å². The van der Waals surface area contributed by atoms with E-state index < -0.39 is 31.3 Å². The van der Waals surface area contributed by atoms with Gasteiger partial charge in [0.25, 0.3) is 10.0 Å². The molecule has 0 amide bonds. The highest BCUT2D eigenvalue weighted by molar-refractivity contribution is 7.92. The highest BCUT2D eigenvalue weighted by atomic mass is 32.2. The van der Waals surface area contributed by atoms with Gasteiger partial charge in [0.05, 0.1) is 17.2 Å². The van der Waals surface area contributed by atoms with E-state index in [2.05, 4.69) is 25.3 Å².